The van der Waals surface area contributed by atoms with Crippen LogP contribution >= 0.6 is 11.6 Å². The number of imidazole rings is 1. The molecule has 0 saturated carbocycles. The quantitative estimate of drug-likeness (QED) is 0.588. The van der Waals surface area contributed by atoms with E-state index in [1.54, 1.807) is 23.0 Å². The van der Waals surface area contributed by atoms with E-state index in [-0.39, 0.29) is 5.91 Å². The highest BCUT2D eigenvalue weighted by Crippen LogP contribution is 2.17. The molecule has 136 valence electrons. The normalized spacial score (nSPS) is 11.1. The Morgan fingerprint density at radius 1 is 1.15 bits per heavy atom. The molecule has 7 heteroatoms. The largest absolute Gasteiger partial charge is 0.345 e. The maximum atomic E-state index is 12.6. The number of hydrogen-bond donors (Lipinski definition) is 1. The van der Waals surface area contributed by atoms with Crippen molar-refractivity contribution in [3.8, 4) is 5.69 Å². The van der Waals surface area contributed by atoms with Gasteiger partial charge in [-0.15, -0.1) is 0 Å². The van der Waals surface area contributed by atoms with Gasteiger partial charge in [0.1, 0.15) is 5.82 Å². The predicted octanol–water partition coefficient (Wildman–Crippen LogP) is 3.65. The Morgan fingerprint density at radius 2 is 1.89 bits per heavy atom. The molecule has 0 aliphatic carbocycles. The van der Waals surface area contributed by atoms with E-state index in [2.05, 4.69) is 15.4 Å². The Morgan fingerprint density at radius 3 is 2.63 bits per heavy atom. The number of nitrogens with one attached hydrogen (secondary N) is 1. The van der Waals surface area contributed by atoms with E-state index in [1.807, 2.05) is 54.9 Å². The number of amides is 1. The zero-order chi connectivity index (χ0) is 19.0. The molecule has 2 aromatic carbocycles. The summed E-state index contributed by atoms with van der Waals surface area (Å²) >= 11 is 5.93. The third-order valence-corrected chi connectivity index (χ3v) is 4.86. The molecule has 0 bridgehead atoms. The summed E-state index contributed by atoms with van der Waals surface area (Å²) in [5, 5.41) is 7.93. The van der Waals surface area contributed by atoms with E-state index < -0.39 is 0 Å². The first kappa shape index (κ1) is 17.3. The Kier molecular flexibility index (Phi) is 4.41. The van der Waals surface area contributed by atoms with E-state index in [0.717, 1.165) is 28.2 Å². The molecule has 1 N–H and O–H groups in total. The first-order valence-electron chi connectivity index (χ1n) is 8.53. The molecule has 0 saturated heterocycles. The van der Waals surface area contributed by atoms with Crippen LogP contribution in [0.3, 0.4) is 0 Å². The minimum atomic E-state index is -0.181. The molecule has 0 aliphatic rings. The molecule has 0 spiro atoms. The number of aryl methyl sites for hydroxylation is 1. The fourth-order valence-corrected chi connectivity index (χ4v) is 3.21. The minimum Gasteiger partial charge on any atom is -0.345 e. The van der Waals surface area contributed by atoms with E-state index in [0.29, 0.717) is 17.1 Å². The van der Waals surface area contributed by atoms with Crippen LogP contribution in [0.15, 0.2) is 54.7 Å². The van der Waals surface area contributed by atoms with Crippen LogP contribution in [0.25, 0.3) is 16.7 Å². The number of hydrogen-bond acceptors (Lipinski definition) is 3. The van der Waals surface area contributed by atoms with Gasteiger partial charge >= 0.3 is 0 Å². The molecule has 0 radical (unpaired) electrons. The standard InChI is InChI=1S/C20H18ClN5O/c1-13-16(11-23-26(13)15-9-7-14(21)8-10-15)20(27)22-12-19-24-17-5-3-4-6-18(17)25(19)2/h3-11H,12H2,1-2H3,(H,22,27). The van der Waals surface area contributed by atoms with Gasteiger partial charge in [0.2, 0.25) is 0 Å². The maximum absolute atomic E-state index is 12.6. The highest BCUT2D eigenvalue weighted by Gasteiger charge is 2.16. The number of para-hydroxylation sites is 2. The molecular weight excluding hydrogens is 362 g/mol. The molecule has 27 heavy (non-hydrogen) atoms. The summed E-state index contributed by atoms with van der Waals surface area (Å²) in [5.41, 5.74) is 4.10. The van der Waals surface area contributed by atoms with Crippen molar-refractivity contribution in [1.82, 2.24) is 24.6 Å². The van der Waals surface area contributed by atoms with Gasteiger partial charge in [0, 0.05) is 12.1 Å². The maximum Gasteiger partial charge on any atom is 0.255 e. The summed E-state index contributed by atoms with van der Waals surface area (Å²) in [4.78, 5) is 17.2. The third kappa shape index (κ3) is 3.19. The monoisotopic (exact) mass is 379 g/mol. The lowest BCUT2D eigenvalue weighted by Gasteiger charge is -2.07. The number of benzene rings is 2. The Labute approximate surface area is 161 Å². The lowest BCUT2D eigenvalue weighted by atomic mass is 10.2. The van der Waals surface area contributed by atoms with Crippen LogP contribution < -0.4 is 5.32 Å². The predicted molar refractivity (Wildman–Crippen MR) is 105 cm³/mol. The molecule has 0 aliphatic heterocycles. The molecule has 2 heterocycles. The Balaban J connectivity index is 1.53. The molecular formula is C20H18ClN5O. The molecule has 4 rings (SSSR count). The molecule has 6 nitrogen and oxygen atoms in total. The van der Waals surface area contributed by atoms with Crippen molar-refractivity contribution in [2.75, 3.05) is 0 Å². The smallest absolute Gasteiger partial charge is 0.255 e. The summed E-state index contributed by atoms with van der Waals surface area (Å²) in [6.07, 6.45) is 1.58. The van der Waals surface area contributed by atoms with Crippen molar-refractivity contribution in [1.29, 1.82) is 0 Å². The second-order valence-electron chi connectivity index (χ2n) is 6.29. The zero-order valence-corrected chi connectivity index (χ0v) is 15.7. The van der Waals surface area contributed by atoms with Crippen LogP contribution in [0.2, 0.25) is 5.02 Å². The van der Waals surface area contributed by atoms with Gasteiger partial charge in [0.05, 0.1) is 40.7 Å². The van der Waals surface area contributed by atoms with Gasteiger partial charge in [-0.25, -0.2) is 9.67 Å². The van der Waals surface area contributed by atoms with E-state index in [1.165, 1.54) is 0 Å². The Bertz CT molecular complexity index is 1130. The van der Waals surface area contributed by atoms with Gasteiger partial charge in [-0.05, 0) is 43.3 Å². The summed E-state index contributed by atoms with van der Waals surface area (Å²) in [5.74, 6) is 0.618. The first-order valence-corrected chi connectivity index (χ1v) is 8.91. The third-order valence-electron chi connectivity index (χ3n) is 4.61. The van der Waals surface area contributed by atoms with E-state index in [4.69, 9.17) is 11.6 Å². The van der Waals surface area contributed by atoms with Crippen molar-refractivity contribution in [3.05, 3.63) is 76.8 Å². The van der Waals surface area contributed by atoms with Crippen LogP contribution in [-0.2, 0) is 13.6 Å². The molecule has 4 aromatic rings. The summed E-state index contributed by atoms with van der Waals surface area (Å²) < 4.78 is 3.71. The minimum absolute atomic E-state index is 0.181. The fourth-order valence-electron chi connectivity index (χ4n) is 3.08. The van der Waals surface area contributed by atoms with Crippen molar-refractivity contribution >= 4 is 28.5 Å². The Hall–Kier alpha value is -3.12. The molecule has 0 fully saturated rings. The average molecular weight is 380 g/mol. The lowest BCUT2D eigenvalue weighted by molar-refractivity contribution is 0.0949. The van der Waals surface area contributed by atoms with Crippen LogP contribution in [0.4, 0.5) is 0 Å². The average Bonchev–Trinajstić information content (AvgIpc) is 3.21. The second kappa shape index (κ2) is 6.89. The number of fused-ring (bicyclic) bond motifs is 1. The number of carbonyl (C=O) groups excluding carboxylic acids is 1. The molecule has 1 amide bonds. The number of aromatic nitrogens is 4. The molecule has 0 atom stereocenters. The second-order valence-corrected chi connectivity index (χ2v) is 6.73. The molecule has 2 aromatic heterocycles. The van der Waals surface area contributed by atoms with Crippen molar-refractivity contribution < 1.29 is 4.79 Å². The van der Waals surface area contributed by atoms with Crippen LogP contribution in [0.5, 0.6) is 0 Å². The topological polar surface area (TPSA) is 64.7 Å². The van der Waals surface area contributed by atoms with Gasteiger partial charge in [0.25, 0.3) is 5.91 Å². The number of rotatable bonds is 4. The van der Waals surface area contributed by atoms with Crippen molar-refractivity contribution in [3.63, 3.8) is 0 Å². The van der Waals surface area contributed by atoms with Gasteiger partial charge in [0.15, 0.2) is 0 Å². The summed E-state index contributed by atoms with van der Waals surface area (Å²) in [7, 11) is 1.95. The molecule has 0 unspecified atom stereocenters. The SMILES string of the molecule is Cc1c(C(=O)NCc2nc3ccccc3n2C)cnn1-c1ccc(Cl)cc1. The summed E-state index contributed by atoms with van der Waals surface area (Å²) in [6, 6.07) is 15.2. The van der Waals surface area contributed by atoms with Gasteiger partial charge < -0.3 is 9.88 Å². The fraction of sp³-hybridized carbons (Fsp3) is 0.150. The zero-order valence-electron chi connectivity index (χ0n) is 15.0. The van der Waals surface area contributed by atoms with Crippen molar-refractivity contribution in [2.24, 2.45) is 7.05 Å². The van der Waals surface area contributed by atoms with Gasteiger partial charge in [-0.2, -0.15) is 5.10 Å². The summed E-state index contributed by atoms with van der Waals surface area (Å²) in [6.45, 7) is 2.21. The van der Waals surface area contributed by atoms with Crippen LogP contribution in [0.1, 0.15) is 21.9 Å². The van der Waals surface area contributed by atoms with Crippen molar-refractivity contribution in [2.45, 2.75) is 13.5 Å². The van der Waals surface area contributed by atoms with Crippen LogP contribution in [-0.4, -0.2) is 25.2 Å². The van der Waals surface area contributed by atoms with Crippen LogP contribution in [0, 0.1) is 6.92 Å². The number of nitrogens with zero attached hydrogens (tertiary/aromatic N) is 4. The number of carbonyl (C=O) groups is 1. The highest BCUT2D eigenvalue weighted by molar-refractivity contribution is 6.30. The van der Waals surface area contributed by atoms with E-state index in [9.17, 15) is 4.79 Å². The van der Waals surface area contributed by atoms with Gasteiger partial charge in [-0.3, -0.25) is 4.79 Å². The first-order chi connectivity index (χ1) is 13.0. The lowest BCUT2D eigenvalue weighted by Crippen LogP contribution is -2.24. The number of halogens is 1. The van der Waals surface area contributed by atoms with E-state index >= 15 is 0 Å². The highest BCUT2D eigenvalue weighted by atomic mass is 35.5. The van der Waals surface area contributed by atoms with Gasteiger partial charge in [-0.1, -0.05) is 23.7 Å².